The summed E-state index contributed by atoms with van der Waals surface area (Å²) in [5.41, 5.74) is 0. The lowest BCUT2D eigenvalue weighted by Crippen LogP contribution is -2.42. The molecule has 1 saturated heterocycles. The zero-order chi connectivity index (χ0) is 15.1. The fraction of sp³-hybridized carbons (Fsp3) is 0.647. The third-order valence-corrected chi connectivity index (χ3v) is 3.91. The number of nitrogens with one attached hydrogen (secondary N) is 1. The molecular weight excluding hydrogens is 267 g/mol. The summed E-state index contributed by atoms with van der Waals surface area (Å²) < 4.78 is 18.5. The van der Waals surface area contributed by atoms with Crippen LogP contribution in [0, 0.1) is 11.7 Å². The molecule has 1 atom stereocenters. The first-order valence-electron chi connectivity index (χ1n) is 7.97. The standard InChI is InChI=1S/C17H27FN2O/c1-14(2)19-12-15-4-3-9-20(13-15)10-11-21-17-7-5-16(18)6-8-17/h5-8,14-15,19H,3-4,9-13H2,1-2H3. The quantitative estimate of drug-likeness (QED) is 0.837. The van der Waals surface area contributed by atoms with Gasteiger partial charge in [0.2, 0.25) is 0 Å². The van der Waals surface area contributed by atoms with Crippen LogP contribution < -0.4 is 10.1 Å². The molecule has 0 spiro atoms. The second-order valence-electron chi connectivity index (χ2n) is 6.17. The SMILES string of the molecule is CC(C)NCC1CCCN(CCOc2ccc(F)cc2)C1. The van der Waals surface area contributed by atoms with Crippen LogP contribution in [0.2, 0.25) is 0 Å². The van der Waals surface area contributed by atoms with Gasteiger partial charge in [-0.25, -0.2) is 4.39 Å². The molecule has 21 heavy (non-hydrogen) atoms. The van der Waals surface area contributed by atoms with Gasteiger partial charge in [-0.15, -0.1) is 0 Å². The Balaban J connectivity index is 1.66. The molecule has 2 rings (SSSR count). The first-order valence-corrected chi connectivity index (χ1v) is 7.97. The second kappa shape index (κ2) is 8.35. The van der Waals surface area contributed by atoms with E-state index in [2.05, 4.69) is 24.1 Å². The van der Waals surface area contributed by atoms with Crippen LogP contribution in [-0.2, 0) is 0 Å². The van der Waals surface area contributed by atoms with Crippen molar-refractivity contribution in [2.75, 3.05) is 32.8 Å². The summed E-state index contributed by atoms with van der Waals surface area (Å²) >= 11 is 0. The summed E-state index contributed by atoms with van der Waals surface area (Å²) in [4.78, 5) is 2.47. The van der Waals surface area contributed by atoms with Gasteiger partial charge in [0.25, 0.3) is 0 Å². The van der Waals surface area contributed by atoms with Gasteiger partial charge >= 0.3 is 0 Å². The highest BCUT2D eigenvalue weighted by molar-refractivity contribution is 5.21. The van der Waals surface area contributed by atoms with Crippen LogP contribution in [0.3, 0.4) is 0 Å². The number of piperidine rings is 1. The Labute approximate surface area is 127 Å². The minimum atomic E-state index is -0.223. The lowest BCUT2D eigenvalue weighted by Gasteiger charge is -2.33. The van der Waals surface area contributed by atoms with Gasteiger partial charge in [-0.3, -0.25) is 4.90 Å². The Bertz CT molecular complexity index is 408. The molecule has 1 aromatic rings. The van der Waals surface area contributed by atoms with Crippen molar-refractivity contribution in [3.63, 3.8) is 0 Å². The summed E-state index contributed by atoms with van der Waals surface area (Å²) in [7, 11) is 0. The molecular formula is C17H27FN2O. The van der Waals surface area contributed by atoms with E-state index in [9.17, 15) is 4.39 Å². The molecule has 1 unspecified atom stereocenters. The van der Waals surface area contributed by atoms with Crippen molar-refractivity contribution < 1.29 is 9.13 Å². The van der Waals surface area contributed by atoms with Gasteiger partial charge in [-0.05, 0) is 56.1 Å². The van der Waals surface area contributed by atoms with E-state index < -0.39 is 0 Å². The maximum atomic E-state index is 12.8. The molecule has 118 valence electrons. The van der Waals surface area contributed by atoms with Gasteiger partial charge in [0.15, 0.2) is 0 Å². The van der Waals surface area contributed by atoms with Gasteiger partial charge in [-0.2, -0.15) is 0 Å². The Hall–Kier alpha value is -1.13. The zero-order valence-corrected chi connectivity index (χ0v) is 13.1. The molecule has 0 amide bonds. The monoisotopic (exact) mass is 294 g/mol. The smallest absolute Gasteiger partial charge is 0.123 e. The van der Waals surface area contributed by atoms with Crippen LogP contribution in [0.15, 0.2) is 24.3 Å². The topological polar surface area (TPSA) is 24.5 Å². The molecule has 1 aliphatic rings. The summed E-state index contributed by atoms with van der Waals surface area (Å²) in [6.07, 6.45) is 2.58. The molecule has 0 aromatic heterocycles. The normalized spacial score (nSPS) is 19.9. The van der Waals surface area contributed by atoms with Gasteiger partial charge in [-0.1, -0.05) is 13.8 Å². The number of benzene rings is 1. The zero-order valence-electron chi connectivity index (χ0n) is 13.1. The third-order valence-electron chi connectivity index (χ3n) is 3.91. The molecule has 1 aromatic carbocycles. The molecule has 0 saturated carbocycles. The van der Waals surface area contributed by atoms with Crippen LogP contribution in [0.5, 0.6) is 5.75 Å². The molecule has 0 bridgehead atoms. The number of hydrogen-bond acceptors (Lipinski definition) is 3. The fourth-order valence-corrected chi connectivity index (χ4v) is 2.75. The van der Waals surface area contributed by atoms with E-state index in [4.69, 9.17) is 4.74 Å². The maximum absolute atomic E-state index is 12.8. The molecule has 1 N–H and O–H groups in total. The van der Waals surface area contributed by atoms with E-state index in [1.165, 1.54) is 25.0 Å². The average molecular weight is 294 g/mol. The van der Waals surface area contributed by atoms with Crippen molar-refractivity contribution in [3.8, 4) is 5.75 Å². The number of hydrogen-bond donors (Lipinski definition) is 1. The van der Waals surface area contributed by atoms with Crippen molar-refractivity contribution in [1.82, 2.24) is 10.2 Å². The van der Waals surface area contributed by atoms with Crippen LogP contribution in [-0.4, -0.2) is 43.7 Å². The van der Waals surface area contributed by atoms with Crippen LogP contribution in [0.25, 0.3) is 0 Å². The van der Waals surface area contributed by atoms with Gasteiger partial charge in [0.1, 0.15) is 18.2 Å². The summed E-state index contributed by atoms with van der Waals surface area (Å²) in [5, 5.41) is 3.53. The van der Waals surface area contributed by atoms with Crippen LogP contribution in [0.4, 0.5) is 4.39 Å². The van der Waals surface area contributed by atoms with Gasteiger partial charge in [0.05, 0.1) is 0 Å². The largest absolute Gasteiger partial charge is 0.492 e. The van der Waals surface area contributed by atoms with Crippen LogP contribution >= 0.6 is 0 Å². The number of likely N-dealkylation sites (tertiary alicyclic amines) is 1. The summed E-state index contributed by atoms with van der Waals surface area (Å²) in [5.74, 6) is 1.26. The van der Waals surface area contributed by atoms with Crippen LogP contribution in [0.1, 0.15) is 26.7 Å². The maximum Gasteiger partial charge on any atom is 0.123 e. The number of ether oxygens (including phenoxy) is 1. The highest BCUT2D eigenvalue weighted by Gasteiger charge is 2.19. The van der Waals surface area contributed by atoms with E-state index in [-0.39, 0.29) is 5.82 Å². The number of halogens is 1. The van der Waals surface area contributed by atoms with Crippen molar-refractivity contribution in [2.24, 2.45) is 5.92 Å². The first kappa shape index (κ1) is 16.2. The number of rotatable bonds is 7. The molecule has 0 aliphatic carbocycles. The fourth-order valence-electron chi connectivity index (χ4n) is 2.75. The molecule has 1 fully saturated rings. The van der Waals surface area contributed by atoms with E-state index in [0.717, 1.165) is 37.8 Å². The van der Waals surface area contributed by atoms with E-state index in [0.29, 0.717) is 12.6 Å². The average Bonchev–Trinajstić information content (AvgIpc) is 2.48. The van der Waals surface area contributed by atoms with Crippen molar-refractivity contribution in [2.45, 2.75) is 32.7 Å². The minimum Gasteiger partial charge on any atom is -0.492 e. The number of nitrogens with zero attached hydrogens (tertiary/aromatic N) is 1. The lowest BCUT2D eigenvalue weighted by atomic mass is 9.98. The Morgan fingerprint density at radius 1 is 1.33 bits per heavy atom. The Morgan fingerprint density at radius 3 is 2.81 bits per heavy atom. The van der Waals surface area contributed by atoms with Crippen molar-refractivity contribution >= 4 is 0 Å². The molecule has 1 aliphatic heterocycles. The molecule has 4 heteroatoms. The predicted molar refractivity (Wildman–Crippen MR) is 84.2 cm³/mol. The lowest BCUT2D eigenvalue weighted by molar-refractivity contribution is 0.144. The van der Waals surface area contributed by atoms with Crippen molar-refractivity contribution in [1.29, 1.82) is 0 Å². The third kappa shape index (κ3) is 6.02. The van der Waals surface area contributed by atoms with Crippen molar-refractivity contribution in [3.05, 3.63) is 30.1 Å². The summed E-state index contributed by atoms with van der Waals surface area (Å²) in [6.45, 7) is 9.39. The van der Waals surface area contributed by atoms with E-state index in [1.807, 2.05) is 0 Å². The van der Waals surface area contributed by atoms with E-state index in [1.54, 1.807) is 12.1 Å². The van der Waals surface area contributed by atoms with Gasteiger partial charge < -0.3 is 10.1 Å². The minimum absolute atomic E-state index is 0.223. The van der Waals surface area contributed by atoms with E-state index >= 15 is 0 Å². The molecule has 1 heterocycles. The highest BCUT2D eigenvalue weighted by atomic mass is 19.1. The Morgan fingerprint density at radius 2 is 2.10 bits per heavy atom. The first-order chi connectivity index (χ1) is 10.1. The second-order valence-corrected chi connectivity index (χ2v) is 6.17. The molecule has 0 radical (unpaired) electrons. The molecule has 3 nitrogen and oxygen atoms in total. The Kier molecular flexibility index (Phi) is 6.46. The highest BCUT2D eigenvalue weighted by Crippen LogP contribution is 2.16. The van der Waals surface area contributed by atoms with Gasteiger partial charge in [0, 0.05) is 19.1 Å². The predicted octanol–water partition coefficient (Wildman–Crippen LogP) is 2.91. The summed E-state index contributed by atoms with van der Waals surface area (Å²) in [6, 6.07) is 6.79.